The van der Waals surface area contributed by atoms with Crippen molar-refractivity contribution in [2.24, 2.45) is 0 Å². The molecule has 0 fully saturated rings. The van der Waals surface area contributed by atoms with E-state index in [9.17, 15) is 4.79 Å². The number of anilines is 1. The lowest BCUT2D eigenvalue weighted by molar-refractivity contribution is 0.0270. The summed E-state index contributed by atoms with van der Waals surface area (Å²) < 4.78 is 10.6. The summed E-state index contributed by atoms with van der Waals surface area (Å²) in [5, 5.41) is 0. The van der Waals surface area contributed by atoms with Crippen LogP contribution in [0.1, 0.15) is 32.9 Å². The Balaban J connectivity index is 1.65. The topological polar surface area (TPSA) is 116 Å². The van der Waals surface area contributed by atoms with Crippen molar-refractivity contribution < 1.29 is 14.3 Å². The van der Waals surface area contributed by atoms with Crippen LogP contribution in [0.2, 0.25) is 0 Å². The van der Waals surface area contributed by atoms with E-state index in [4.69, 9.17) is 20.2 Å². The zero-order valence-corrected chi connectivity index (χ0v) is 18.6. The van der Waals surface area contributed by atoms with Gasteiger partial charge >= 0.3 is 6.09 Å². The van der Waals surface area contributed by atoms with Crippen LogP contribution in [0.25, 0.3) is 27.9 Å². The highest BCUT2D eigenvalue weighted by molar-refractivity contribution is 5.88. The molecule has 9 nitrogen and oxygen atoms in total. The Bertz CT molecular complexity index is 1200. The first-order valence-electron chi connectivity index (χ1n) is 10.3. The molecule has 9 heteroatoms. The van der Waals surface area contributed by atoms with Gasteiger partial charge < -0.3 is 20.1 Å². The van der Waals surface area contributed by atoms with Gasteiger partial charge in [0.1, 0.15) is 17.4 Å². The van der Waals surface area contributed by atoms with Gasteiger partial charge in [-0.3, -0.25) is 0 Å². The quantitative estimate of drug-likeness (QED) is 0.663. The molecule has 32 heavy (non-hydrogen) atoms. The molecule has 0 aliphatic carbocycles. The number of methoxy groups -OCH3 is 1. The molecule has 1 amide bonds. The van der Waals surface area contributed by atoms with Crippen LogP contribution in [0.3, 0.4) is 0 Å². The number of nitrogen functional groups attached to an aromatic ring is 1. The van der Waals surface area contributed by atoms with E-state index in [2.05, 4.69) is 15.0 Å². The molecule has 0 saturated carbocycles. The maximum atomic E-state index is 12.4. The van der Waals surface area contributed by atoms with Crippen molar-refractivity contribution in [1.29, 1.82) is 0 Å². The highest BCUT2D eigenvalue weighted by Crippen LogP contribution is 2.29. The van der Waals surface area contributed by atoms with Crippen LogP contribution in [0.4, 0.5) is 10.5 Å². The maximum absolute atomic E-state index is 12.4. The number of hydrogen-bond donors (Lipinski definition) is 1. The minimum atomic E-state index is -0.524. The normalized spacial score (nSPS) is 14.2. The van der Waals surface area contributed by atoms with E-state index in [1.54, 1.807) is 17.2 Å². The van der Waals surface area contributed by atoms with Gasteiger partial charge in [-0.2, -0.15) is 0 Å². The molecule has 2 N–H and O–H groups in total. The van der Waals surface area contributed by atoms with Crippen LogP contribution in [-0.4, -0.2) is 56.7 Å². The van der Waals surface area contributed by atoms with Crippen LogP contribution in [0, 0.1) is 0 Å². The predicted molar refractivity (Wildman–Crippen MR) is 122 cm³/mol. The zero-order chi connectivity index (χ0) is 22.9. The third-order valence-electron chi connectivity index (χ3n) is 5.01. The number of pyridine rings is 2. The molecule has 0 radical (unpaired) electrons. The molecule has 1 aliphatic heterocycles. The van der Waals surface area contributed by atoms with E-state index in [1.807, 2.05) is 39.0 Å². The Morgan fingerprint density at radius 2 is 2.00 bits per heavy atom. The lowest BCUT2D eigenvalue weighted by Gasteiger charge is -2.29. The largest absolute Gasteiger partial charge is 0.480 e. The van der Waals surface area contributed by atoms with Crippen molar-refractivity contribution in [2.75, 3.05) is 25.9 Å². The minimum Gasteiger partial charge on any atom is -0.480 e. The first-order valence-corrected chi connectivity index (χ1v) is 10.3. The lowest BCUT2D eigenvalue weighted by Crippen LogP contribution is -2.39. The molecule has 0 bridgehead atoms. The summed E-state index contributed by atoms with van der Waals surface area (Å²) in [7, 11) is 1.53. The molecule has 0 saturated heterocycles. The zero-order valence-electron chi connectivity index (χ0n) is 18.6. The van der Waals surface area contributed by atoms with Crippen LogP contribution >= 0.6 is 0 Å². The van der Waals surface area contributed by atoms with Gasteiger partial charge in [0.25, 0.3) is 0 Å². The summed E-state index contributed by atoms with van der Waals surface area (Å²) in [6.45, 7) is 6.58. The van der Waals surface area contributed by atoms with Gasteiger partial charge in [-0.25, -0.2) is 24.7 Å². The number of ether oxygens (including phenoxy) is 2. The molecule has 4 rings (SSSR count). The molecule has 0 aromatic carbocycles. The Morgan fingerprint density at radius 1 is 1.19 bits per heavy atom. The van der Waals surface area contributed by atoms with Gasteiger partial charge in [0.05, 0.1) is 29.7 Å². The lowest BCUT2D eigenvalue weighted by atomic mass is 10.0. The second-order valence-electron chi connectivity index (χ2n) is 8.51. The predicted octanol–water partition coefficient (Wildman–Crippen LogP) is 3.70. The number of fused-ring (bicyclic) bond motifs is 1. The van der Waals surface area contributed by atoms with Crippen LogP contribution in [0.15, 0.2) is 36.8 Å². The second-order valence-corrected chi connectivity index (χ2v) is 8.51. The van der Waals surface area contributed by atoms with Gasteiger partial charge in [0.15, 0.2) is 0 Å². The summed E-state index contributed by atoms with van der Waals surface area (Å²) >= 11 is 0. The number of aromatic nitrogens is 4. The fraction of sp³-hybridized carbons (Fsp3) is 0.348. The summed E-state index contributed by atoms with van der Waals surface area (Å²) in [5.74, 6) is 0.375. The number of hydrogen-bond acceptors (Lipinski definition) is 8. The third-order valence-corrected chi connectivity index (χ3v) is 5.01. The molecule has 1 aliphatic rings. The average Bonchev–Trinajstić information content (AvgIpc) is 2.77. The van der Waals surface area contributed by atoms with Gasteiger partial charge in [-0.1, -0.05) is 6.08 Å². The average molecular weight is 435 g/mol. The first-order chi connectivity index (χ1) is 15.2. The molecule has 4 heterocycles. The summed E-state index contributed by atoms with van der Waals surface area (Å²) in [5.41, 5.74) is 10.6. The van der Waals surface area contributed by atoms with Crippen molar-refractivity contribution in [3.8, 4) is 17.1 Å². The summed E-state index contributed by atoms with van der Waals surface area (Å²) in [4.78, 5) is 31.9. The van der Waals surface area contributed by atoms with Crippen LogP contribution < -0.4 is 10.5 Å². The molecule has 166 valence electrons. The molecule has 0 atom stereocenters. The van der Waals surface area contributed by atoms with Crippen molar-refractivity contribution >= 4 is 28.4 Å². The number of rotatable bonds is 3. The molecule has 3 aromatic heterocycles. The number of carbonyl (C=O) groups is 1. The van der Waals surface area contributed by atoms with E-state index in [0.29, 0.717) is 42.3 Å². The van der Waals surface area contributed by atoms with Crippen molar-refractivity contribution in [1.82, 2.24) is 24.8 Å². The standard InChI is InChI=1S/C23H26N6O3/c1-23(2,3)32-22(30)29-9-7-14(8-10-29)19-20-18(26-13-27-19)6-5-17(28-20)15-11-16(24)21(31-4)25-12-15/h5-7,11-13H,8-10,24H2,1-4H3. The number of carbonyl (C=O) groups excluding carboxylic acids is 1. The molecular weight excluding hydrogens is 408 g/mol. The Hall–Kier alpha value is -3.75. The van der Waals surface area contributed by atoms with Crippen LogP contribution in [0.5, 0.6) is 5.88 Å². The van der Waals surface area contributed by atoms with Crippen molar-refractivity contribution in [3.05, 3.63) is 42.5 Å². The van der Waals surface area contributed by atoms with Crippen LogP contribution in [-0.2, 0) is 4.74 Å². The second kappa shape index (κ2) is 8.41. The number of nitrogens with zero attached hydrogens (tertiary/aromatic N) is 5. The monoisotopic (exact) mass is 434 g/mol. The highest BCUT2D eigenvalue weighted by atomic mass is 16.6. The minimum absolute atomic E-state index is 0.314. The van der Waals surface area contributed by atoms with Crippen molar-refractivity contribution in [2.45, 2.75) is 32.8 Å². The molecular formula is C23H26N6O3. The fourth-order valence-electron chi connectivity index (χ4n) is 3.49. The molecule has 0 unspecified atom stereocenters. The van der Waals surface area contributed by atoms with Gasteiger partial charge in [0, 0.05) is 24.8 Å². The summed E-state index contributed by atoms with van der Waals surface area (Å²) in [6, 6.07) is 5.56. The first kappa shape index (κ1) is 21.5. The Labute approximate surface area is 186 Å². The SMILES string of the molecule is COc1ncc(-c2ccc3ncnc(C4=CCN(C(=O)OC(C)(C)C)CC4)c3n2)cc1N. The smallest absolute Gasteiger partial charge is 0.410 e. The summed E-state index contributed by atoms with van der Waals surface area (Å²) in [6.07, 6.45) is 5.54. The van der Waals surface area contributed by atoms with E-state index in [0.717, 1.165) is 22.3 Å². The number of nitrogens with two attached hydrogens (primary N) is 1. The van der Waals surface area contributed by atoms with Crippen molar-refractivity contribution in [3.63, 3.8) is 0 Å². The van der Waals surface area contributed by atoms with E-state index < -0.39 is 5.60 Å². The van der Waals surface area contributed by atoms with Gasteiger partial charge in [0.2, 0.25) is 5.88 Å². The van der Waals surface area contributed by atoms with Gasteiger partial charge in [-0.15, -0.1) is 0 Å². The highest BCUT2D eigenvalue weighted by Gasteiger charge is 2.25. The fourth-order valence-corrected chi connectivity index (χ4v) is 3.49. The van der Waals surface area contributed by atoms with E-state index in [-0.39, 0.29) is 6.09 Å². The Kier molecular flexibility index (Phi) is 5.65. The maximum Gasteiger partial charge on any atom is 0.410 e. The molecule has 0 spiro atoms. The number of amides is 1. The third kappa shape index (κ3) is 4.46. The molecule has 3 aromatic rings. The van der Waals surface area contributed by atoms with E-state index >= 15 is 0 Å². The van der Waals surface area contributed by atoms with Gasteiger partial charge in [-0.05, 0) is 51.0 Å². The Morgan fingerprint density at radius 3 is 2.66 bits per heavy atom. The van der Waals surface area contributed by atoms with E-state index in [1.165, 1.54) is 13.4 Å².